The van der Waals surface area contributed by atoms with Gasteiger partial charge in [0.15, 0.2) is 29.9 Å². The summed E-state index contributed by atoms with van der Waals surface area (Å²) in [4.78, 5) is 21.9. The number of fused-ring (bicyclic) bond motifs is 4. The van der Waals surface area contributed by atoms with Crippen molar-refractivity contribution in [2.24, 2.45) is 5.16 Å². The van der Waals surface area contributed by atoms with Crippen molar-refractivity contribution in [2.45, 2.75) is 23.2 Å². The van der Waals surface area contributed by atoms with Gasteiger partial charge in [-0.1, -0.05) is 23.4 Å². The Labute approximate surface area is 238 Å². The molecule has 1 saturated heterocycles. The SMILES string of the molecule is COCO/N=c1\cc(-c2cc(F)c(F)c3c2Cc2ccccc2SC3)n2c(c1OCOC)C(=O)N1CCOC[C@H]1N2. The zero-order valence-electron chi connectivity index (χ0n) is 22.4. The Balaban J connectivity index is 1.63. The first-order chi connectivity index (χ1) is 20.0. The molecule has 6 rings (SSSR count). The number of pyridine rings is 1. The number of thioether (sulfide) groups is 1. The topological polar surface area (TPSA) is 95.8 Å². The van der Waals surface area contributed by atoms with Gasteiger partial charge in [-0.05, 0) is 35.7 Å². The number of nitrogens with zero attached hydrogens (tertiary/aromatic N) is 3. The van der Waals surface area contributed by atoms with E-state index in [0.29, 0.717) is 36.4 Å². The molecule has 0 unspecified atom stereocenters. The maximum Gasteiger partial charge on any atom is 0.278 e. The van der Waals surface area contributed by atoms with Crippen molar-refractivity contribution in [2.75, 3.05) is 53.0 Å². The van der Waals surface area contributed by atoms with Crippen LogP contribution in [0.1, 0.15) is 27.2 Å². The second-order valence-corrected chi connectivity index (χ2v) is 10.6. The first-order valence-electron chi connectivity index (χ1n) is 12.9. The highest BCUT2D eigenvalue weighted by Crippen LogP contribution is 2.40. The third kappa shape index (κ3) is 5.03. The van der Waals surface area contributed by atoms with Gasteiger partial charge >= 0.3 is 0 Å². The van der Waals surface area contributed by atoms with Gasteiger partial charge in [0.05, 0.1) is 18.9 Å². The second-order valence-electron chi connectivity index (χ2n) is 9.57. The molecular weight excluding hydrogens is 558 g/mol. The van der Waals surface area contributed by atoms with Gasteiger partial charge in [0.25, 0.3) is 5.91 Å². The number of nitrogens with one attached hydrogen (secondary N) is 1. The number of benzene rings is 2. The van der Waals surface area contributed by atoms with Crippen LogP contribution >= 0.6 is 11.8 Å². The standard InChI is InChI=1S/C28H28F2N4O6S/c1-36-14-39-27-21(32-40-15-37-2)11-22(34-26(27)28(35)33-7-8-38-12-24(33)31-34)18-10-20(29)25(30)19-13-41-23-6-4-3-5-16(23)9-17(18)19/h3-6,10-11,24,31H,7-9,12-15H2,1-2H3/b32-21+/t24-/m0/s1. The molecule has 2 aromatic carbocycles. The summed E-state index contributed by atoms with van der Waals surface area (Å²) in [5, 5.41) is 4.33. The summed E-state index contributed by atoms with van der Waals surface area (Å²) in [5.41, 5.74) is 6.10. The largest absolute Gasteiger partial charge is 0.463 e. The van der Waals surface area contributed by atoms with Gasteiger partial charge in [-0.15, -0.1) is 11.8 Å². The van der Waals surface area contributed by atoms with Gasteiger partial charge in [-0.2, -0.15) is 0 Å². The summed E-state index contributed by atoms with van der Waals surface area (Å²) < 4.78 is 53.7. The molecule has 41 heavy (non-hydrogen) atoms. The Bertz CT molecular complexity index is 1570. The minimum atomic E-state index is -0.988. The number of rotatable bonds is 7. The Morgan fingerprint density at radius 1 is 1.15 bits per heavy atom. The molecule has 3 aliphatic heterocycles. The highest BCUT2D eigenvalue weighted by Gasteiger charge is 2.39. The van der Waals surface area contributed by atoms with Crippen LogP contribution in [0.4, 0.5) is 8.78 Å². The van der Waals surface area contributed by atoms with Gasteiger partial charge in [0.2, 0.25) is 6.79 Å². The van der Waals surface area contributed by atoms with Crippen LogP contribution in [0, 0.1) is 11.6 Å². The lowest BCUT2D eigenvalue weighted by Crippen LogP contribution is -2.59. The average Bonchev–Trinajstić information content (AvgIpc) is 3.19. The van der Waals surface area contributed by atoms with Crippen LogP contribution in [-0.2, 0) is 31.2 Å². The molecule has 10 nitrogen and oxygen atoms in total. The Morgan fingerprint density at radius 2 is 1.98 bits per heavy atom. The summed E-state index contributed by atoms with van der Waals surface area (Å²) in [7, 11) is 2.90. The summed E-state index contributed by atoms with van der Waals surface area (Å²) in [6.07, 6.45) is -0.128. The molecule has 0 saturated carbocycles. The molecule has 0 radical (unpaired) electrons. The number of morpholine rings is 1. The van der Waals surface area contributed by atoms with Crippen molar-refractivity contribution < 1.29 is 37.4 Å². The van der Waals surface area contributed by atoms with E-state index >= 15 is 8.78 Å². The number of methoxy groups -OCH3 is 2. The normalized spacial score (nSPS) is 18.0. The van der Waals surface area contributed by atoms with E-state index in [0.717, 1.165) is 10.5 Å². The van der Waals surface area contributed by atoms with Gasteiger partial charge < -0.3 is 34.1 Å². The summed E-state index contributed by atoms with van der Waals surface area (Å²) in [6.45, 7) is 0.642. The van der Waals surface area contributed by atoms with Crippen LogP contribution in [0.2, 0.25) is 0 Å². The van der Waals surface area contributed by atoms with E-state index in [4.69, 9.17) is 23.8 Å². The van der Waals surface area contributed by atoms with E-state index in [9.17, 15) is 4.79 Å². The molecule has 0 bridgehead atoms. The molecule has 0 aliphatic carbocycles. The van der Waals surface area contributed by atoms with E-state index in [1.54, 1.807) is 15.6 Å². The Hall–Kier alpha value is -3.65. The zero-order valence-corrected chi connectivity index (χ0v) is 23.3. The number of aromatic nitrogens is 1. The quantitative estimate of drug-likeness (QED) is 0.256. The fraction of sp³-hybridized carbons (Fsp3) is 0.357. The molecule has 216 valence electrons. The number of halogens is 2. The van der Waals surface area contributed by atoms with Gasteiger partial charge in [-0.25, -0.2) is 13.5 Å². The fourth-order valence-electron chi connectivity index (χ4n) is 5.27. The number of hydrogen-bond donors (Lipinski definition) is 1. The molecule has 1 fully saturated rings. The molecule has 1 atom stereocenters. The highest BCUT2D eigenvalue weighted by atomic mass is 32.2. The van der Waals surface area contributed by atoms with Crippen LogP contribution < -0.4 is 15.5 Å². The maximum absolute atomic E-state index is 15.3. The molecule has 1 N–H and O–H groups in total. The zero-order chi connectivity index (χ0) is 28.5. The first kappa shape index (κ1) is 27.5. The van der Waals surface area contributed by atoms with Crippen molar-refractivity contribution >= 4 is 17.7 Å². The van der Waals surface area contributed by atoms with Crippen LogP contribution in [-0.4, -0.2) is 69.2 Å². The van der Waals surface area contributed by atoms with Gasteiger partial charge in [0, 0.05) is 42.5 Å². The van der Waals surface area contributed by atoms with Crippen molar-refractivity contribution in [3.63, 3.8) is 0 Å². The number of hydrogen-bond acceptors (Lipinski definition) is 9. The van der Waals surface area contributed by atoms with Crippen molar-refractivity contribution in [1.82, 2.24) is 9.58 Å². The molecule has 13 heteroatoms. The lowest BCUT2D eigenvalue weighted by Gasteiger charge is -2.42. The average molecular weight is 587 g/mol. The van der Waals surface area contributed by atoms with E-state index in [2.05, 4.69) is 10.6 Å². The predicted octanol–water partition coefficient (Wildman–Crippen LogP) is 3.40. The van der Waals surface area contributed by atoms with E-state index in [-0.39, 0.29) is 54.2 Å². The second kappa shape index (κ2) is 11.7. The predicted molar refractivity (Wildman–Crippen MR) is 145 cm³/mol. The van der Waals surface area contributed by atoms with Gasteiger partial charge in [-0.3, -0.25) is 4.79 Å². The van der Waals surface area contributed by atoms with Crippen molar-refractivity contribution in [1.29, 1.82) is 0 Å². The number of ether oxygens (including phenoxy) is 4. The summed E-state index contributed by atoms with van der Waals surface area (Å²) in [5.74, 6) is -1.87. The summed E-state index contributed by atoms with van der Waals surface area (Å²) in [6, 6.07) is 10.6. The molecule has 1 amide bonds. The smallest absolute Gasteiger partial charge is 0.278 e. The third-order valence-electron chi connectivity index (χ3n) is 7.13. The van der Waals surface area contributed by atoms with Gasteiger partial charge in [0.1, 0.15) is 11.5 Å². The minimum Gasteiger partial charge on any atom is -0.463 e. The number of carbonyl (C=O) groups excluding carboxylic acids is 1. The molecule has 3 aromatic rings. The lowest BCUT2D eigenvalue weighted by atomic mass is 9.92. The lowest BCUT2D eigenvalue weighted by molar-refractivity contribution is -0.0339. The van der Waals surface area contributed by atoms with E-state index in [1.165, 1.54) is 32.0 Å². The Morgan fingerprint density at radius 3 is 2.80 bits per heavy atom. The molecule has 4 heterocycles. The molecule has 1 aromatic heterocycles. The van der Waals surface area contributed by atoms with Crippen molar-refractivity contribution in [3.8, 4) is 17.0 Å². The van der Waals surface area contributed by atoms with Crippen LogP contribution in [0.3, 0.4) is 0 Å². The van der Waals surface area contributed by atoms with E-state index in [1.807, 2.05) is 24.3 Å². The fourth-order valence-corrected chi connectivity index (χ4v) is 6.37. The monoisotopic (exact) mass is 586 g/mol. The highest BCUT2D eigenvalue weighted by molar-refractivity contribution is 7.98. The Kier molecular flexibility index (Phi) is 7.84. The minimum absolute atomic E-state index is 0.101. The maximum atomic E-state index is 15.3. The van der Waals surface area contributed by atoms with Crippen LogP contribution in [0.25, 0.3) is 11.3 Å². The first-order valence-corrected chi connectivity index (χ1v) is 13.9. The summed E-state index contributed by atoms with van der Waals surface area (Å²) >= 11 is 1.46. The van der Waals surface area contributed by atoms with Crippen LogP contribution in [0.15, 0.2) is 46.4 Å². The molecule has 3 aliphatic rings. The van der Waals surface area contributed by atoms with E-state index < -0.39 is 17.8 Å². The number of amides is 1. The molecule has 0 spiro atoms. The third-order valence-corrected chi connectivity index (χ3v) is 8.28. The number of carbonyl (C=O) groups is 1. The van der Waals surface area contributed by atoms with Crippen molar-refractivity contribution in [3.05, 3.63) is 75.8 Å². The molecular formula is C28H28F2N4O6S. The van der Waals surface area contributed by atoms with Crippen LogP contribution in [0.5, 0.6) is 5.75 Å².